The van der Waals surface area contributed by atoms with Gasteiger partial charge in [0.25, 0.3) is 0 Å². The van der Waals surface area contributed by atoms with Gasteiger partial charge >= 0.3 is 5.88 Å². The van der Waals surface area contributed by atoms with Gasteiger partial charge in [0, 0.05) is 11.6 Å². The van der Waals surface area contributed by atoms with E-state index in [1.165, 1.54) is 5.56 Å². The highest BCUT2D eigenvalue weighted by Crippen LogP contribution is 2.29. The van der Waals surface area contributed by atoms with Crippen LogP contribution in [0.1, 0.15) is 21.5 Å². The molecule has 4 rings (SSSR count). The highest BCUT2D eigenvalue weighted by atomic mass is 16.5. The minimum absolute atomic E-state index is 0.0479. The molecule has 0 saturated heterocycles. The number of hydrogen-bond donors (Lipinski definition) is 0. The van der Waals surface area contributed by atoms with Gasteiger partial charge in [0.2, 0.25) is 12.3 Å². The number of aryl methyl sites for hydroxylation is 1. The topological polar surface area (TPSA) is 30.2 Å². The van der Waals surface area contributed by atoms with Crippen molar-refractivity contribution in [2.24, 2.45) is 0 Å². The fraction of sp³-hybridized carbons (Fsp3) is 0.120. The third kappa shape index (κ3) is 3.52. The van der Waals surface area contributed by atoms with E-state index < -0.39 is 0 Å². The van der Waals surface area contributed by atoms with Crippen molar-refractivity contribution >= 4 is 16.6 Å². The molecule has 3 nitrogen and oxygen atoms in total. The van der Waals surface area contributed by atoms with Crippen LogP contribution in [0.25, 0.3) is 10.8 Å². The normalized spacial score (nSPS) is 10.8. The van der Waals surface area contributed by atoms with Crippen molar-refractivity contribution in [3.8, 4) is 11.6 Å². The van der Waals surface area contributed by atoms with Gasteiger partial charge in [0.05, 0.1) is 5.39 Å². The first kappa shape index (κ1) is 17.9. The lowest BCUT2D eigenvalue weighted by molar-refractivity contribution is -0.685. The molecule has 3 aromatic carbocycles. The highest BCUT2D eigenvalue weighted by molar-refractivity contribution is 5.95. The molecule has 0 aliphatic heterocycles. The summed E-state index contributed by atoms with van der Waals surface area (Å²) in [5, 5.41) is 2.05. The van der Waals surface area contributed by atoms with E-state index in [2.05, 4.69) is 26.0 Å². The highest BCUT2D eigenvalue weighted by Gasteiger charge is 2.22. The fourth-order valence-corrected chi connectivity index (χ4v) is 3.28. The lowest BCUT2D eigenvalue weighted by Crippen LogP contribution is -2.39. The minimum atomic E-state index is 0.0479. The maximum absolute atomic E-state index is 12.8. The number of fused-ring (bicyclic) bond motifs is 1. The van der Waals surface area contributed by atoms with E-state index in [0.29, 0.717) is 11.4 Å². The summed E-state index contributed by atoms with van der Waals surface area (Å²) in [6.45, 7) is 4.34. The molecule has 0 amide bonds. The van der Waals surface area contributed by atoms with Crippen LogP contribution in [0.2, 0.25) is 0 Å². The fourth-order valence-electron chi connectivity index (χ4n) is 3.28. The third-order valence-corrected chi connectivity index (χ3v) is 5.06. The van der Waals surface area contributed by atoms with Gasteiger partial charge in [-0.1, -0.05) is 60.7 Å². The molecule has 1 aromatic heterocycles. The van der Waals surface area contributed by atoms with E-state index in [9.17, 15) is 4.79 Å². The molecule has 0 spiro atoms. The lowest BCUT2D eigenvalue weighted by atomic mass is 10.1. The van der Waals surface area contributed by atoms with Crippen molar-refractivity contribution < 1.29 is 14.1 Å². The zero-order chi connectivity index (χ0) is 19.5. The molecule has 0 atom stereocenters. The number of ketones is 1. The molecule has 0 fully saturated rings. The van der Waals surface area contributed by atoms with Crippen molar-refractivity contribution in [1.29, 1.82) is 0 Å². The predicted molar refractivity (Wildman–Crippen MR) is 111 cm³/mol. The standard InChI is InChI=1S/C25H22NO2/c1-18-9-8-14-24(19(18)2)28-25-22-13-7-6-10-20(22)15-16-26(25)17-23(27)21-11-4-3-5-12-21/h3-16H,17H2,1-2H3/q+1. The van der Waals surface area contributed by atoms with Crippen LogP contribution in [0.5, 0.6) is 11.6 Å². The van der Waals surface area contributed by atoms with Crippen LogP contribution in [0.4, 0.5) is 0 Å². The molecule has 0 bridgehead atoms. The van der Waals surface area contributed by atoms with E-state index in [1.807, 2.05) is 77.5 Å². The van der Waals surface area contributed by atoms with Crippen LogP contribution in [-0.4, -0.2) is 5.78 Å². The number of carbonyl (C=O) groups is 1. The molecule has 3 heteroatoms. The summed E-state index contributed by atoms with van der Waals surface area (Å²) < 4.78 is 8.27. The molecule has 0 aliphatic carbocycles. The number of rotatable bonds is 5. The van der Waals surface area contributed by atoms with Crippen LogP contribution in [0, 0.1) is 13.8 Å². The molecule has 0 unspecified atom stereocenters. The van der Waals surface area contributed by atoms with Crippen molar-refractivity contribution in [3.05, 3.63) is 102 Å². The van der Waals surface area contributed by atoms with Gasteiger partial charge in [-0.3, -0.25) is 4.79 Å². The number of benzene rings is 3. The van der Waals surface area contributed by atoms with Gasteiger partial charge in [-0.05, 0) is 42.5 Å². The SMILES string of the molecule is Cc1cccc(Oc2c3ccccc3cc[n+]2CC(=O)c2ccccc2)c1C. The number of carbonyl (C=O) groups excluding carboxylic acids is 1. The summed E-state index contributed by atoms with van der Waals surface area (Å²) in [5.74, 6) is 1.53. The lowest BCUT2D eigenvalue weighted by Gasteiger charge is -2.11. The van der Waals surface area contributed by atoms with Gasteiger partial charge in [-0.15, -0.1) is 0 Å². The second-order valence-electron chi connectivity index (χ2n) is 6.93. The quantitative estimate of drug-likeness (QED) is 0.348. The second kappa shape index (κ2) is 7.65. The maximum Gasteiger partial charge on any atom is 0.381 e. The smallest absolute Gasteiger partial charge is 0.381 e. The number of nitrogens with zero attached hydrogens (tertiary/aromatic N) is 1. The van der Waals surface area contributed by atoms with Crippen LogP contribution in [-0.2, 0) is 6.54 Å². The second-order valence-corrected chi connectivity index (χ2v) is 6.93. The van der Waals surface area contributed by atoms with Crippen molar-refractivity contribution in [2.45, 2.75) is 20.4 Å². The summed E-state index contributed by atoms with van der Waals surface area (Å²) >= 11 is 0. The Morgan fingerprint density at radius 1 is 0.857 bits per heavy atom. The first-order valence-corrected chi connectivity index (χ1v) is 9.37. The number of pyridine rings is 1. The summed E-state index contributed by atoms with van der Waals surface area (Å²) in [6, 6.07) is 25.5. The largest absolute Gasteiger partial charge is 0.404 e. The Bertz CT molecular complexity index is 1150. The summed E-state index contributed by atoms with van der Waals surface area (Å²) in [5.41, 5.74) is 2.96. The Balaban J connectivity index is 1.79. The predicted octanol–water partition coefficient (Wildman–Crippen LogP) is 5.42. The molecular formula is C25H22NO2+. The Hall–Kier alpha value is -3.46. The van der Waals surface area contributed by atoms with E-state index >= 15 is 0 Å². The summed E-state index contributed by atoms with van der Waals surface area (Å²) in [7, 11) is 0. The third-order valence-electron chi connectivity index (χ3n) is 5.06. The minimum Gasteiger partial charge on any atom is -0.404 e. The Morgan fingerprint density at radius 2 is 1.61 bits per heavy atom. The molecule has 0 N–H and O–H groups in total. The van der Waals surface area contributed by atoms with Crippen molar-refractivity contribution in [1.82, 2.24) is 0 Å². The van der Waals surface area contributed by atoms with E-state index in [1.54, 1.807) is 0 Å². The molecule has 1 heterocycles. The van der Waals surface area contributed by atoms with Gasteiger partial charge < -0.3 is 4.74 Å². The van der Waals surface area contributed by atoms with E-state index in [4.69, 9.17) is 4.74 Å². The first-order chi connectivity index (χ1) is 13.6. The average Bonchev–Trinajstić information content (AvgIpc) is 2.73. The zero-order valence-electron chi connectivity index (χ0n) is 16.1. The number of Topliss-reactive ketones (excluding diaryl/α,β-unsaturated/α-hetero) is 1. The van der Waals surface area contributed by atoms with Crippen LogP contribution in [0.3, 0.4) is 0 Å². The average molecular weight is 368 g/mol. The number of aromatic nitrogens is 1. The van der Waals surface area contributed by atoms with Crippen molar-refractivity contribution in [3.63, 3.8) is 0 Å². The molecule has 0 radical (unpaired) electrons. The zero-order valence-corrected chi connectivity index (χ0v) is 16.1. The van der Waals surface area contributed by atoms with E-state index in [-0.39, 0.29) is 12.3 Å². The number of hydrogen-bond acceptors (Lipinski definition) is 2. The number of ether oxygens (including phenoxy) is 1. The Labute approximate surface area is 164 Å². The molecular weight excluding hydrogens is 346 g/mol. The van der Waals surface area contributed by atoms with E-state index in [0.717, 1.165) is 22.1 Å². The first-order valence-electron chi connectivity index (χ1n) is 9.37. The van der Waals surface area contributed by atoms with Gasteiger partial charge in [0.15, 0.2) is 6.20 Å². The van der Waals surface area contributed by atoms with Crippen molar-refractivity contribution in [2.75, 3.05) is 0 Å². The van der Waals surface area contributed by atoms with Crippen LogP contribution < -0.4 is 9.30 Å². The maximum atomic E-state index is 12.8. The van der Waals surface area contributed by atoms with Gasteiger partial charge in [-0.2, -0.15) is 4.57 Å². The Morgan fingerprint density at radius 3 is 2.43 bits per heavy atom. The van der Waals surface area contributed by atoms with Gasteiger partial charge in [-0.25, -0.2) is 0 Å². The summed E-state index contributed by atoms with van der Waals surface area (Å²) in [4.78, 5) is 12.8. The molecule has 4 aromatic rings. The molecule has 0 saturated carbocycles. The molecule has 28 heavy (non-hydrogen) atoms. The molecule has 138 valence electrons. The van der Waals surface area contributed by atoms with Gasteiger partial charge in [0.1, 0.15) is 5.75 Å². The molecule has 0 aliphatic rings. The monoisotopic (exact) mass is 368 g/mol. The van der Waals surface area contributed by atoms with Crippen LogP contribution in [0.15, 0.2) is 85.1 Å². The van der Waals surface area contributed by atoms with Crippen LogP contribution >= 0.6 is 0 Å². The summed E-state index contributed by atoms with van der Waals surface area (Å²) in [6.07, 6.45) is 1.92. The Kier molecular flexibility index (Phi) is 4.90.